The van der Waals surface area contributed by atoms with Crippen molar-refractivity contribution in [2.45, 2.75) is 39.5 Å². The molecule has 0 aromatic heterocycles. The predicted molar refractivity (Wildman–Crippen MR) is 79.8 cm³/mol. The van der Waals surface area contributed by atoms with Crippen LogP contribution in [-0.4, -0.2) is 19.4 Å². The molecular weight excluding hydrogens is 259 g/mol. The van der Waals surface area contributed by atoms with E-state index in [2.05, 4.69) is 19.1 Å². The third kappa shape index (κ3) is 5.48. The molecule has 0 heterocycles. The maximum absolute atomic E-state index is 12.6. The van der Waals surface area contributed by atoms with E-state index in [4.69, 9.17) is 9.05 Å². The van der Waals surface area contributed by atoms with Crippen LogP contribution in [0.3, 0.4) is 0 Å². The Labute approximate surface area is 116 Å². The molecule has 0 saturated heterocycles. The first kappa shape index (κ1) is 16.4. The van der Waals surface area contributed by atoms with Gasteiger partial charge in [0, 0.05) is 0 Å². The Hall–Kier alpha value is -0.630. The second-order valence-electron chi connectivity index (χ2n) is 4.53. The summed E-state index contributed by atoms with van der Waals surface area (Å²) in [6, 6.07) is 10.2. The summed E-state index contributed by atoms with van der Waals surface area (Å²) in [7, 11) is -2.97. The van der Waals surface area contributed by atoms with Crippen molar-refractivity contribution in [3.63, 3.8) is 0 Å². The summed E-state index contributed by atoms with van der Waals surface area (Å²) in [6.07, 6.45) is 2.51. The molecule has 3 nitrogen and oxygen atoms in total. The SMILES string of the molecule is CCC[C@H](CP(=O)(OCC)OCC)c1ccccc1. The van der Waals surface area contributed by atoms with Gasteiger partial charge in [0.1, 0.15) is 0 Å². The molecule has 0 unspecified atom stereocenters. The van der Waals surface area contributed by atoms with Gasteiger partial charge in [0.25, 0.3) is 0 Å². The highest BCUT2D eigenvalue weighted by atomic mass is 31.2. The fourth-order valence-corrected chi connectivity index (χ4v) is 4.25. The summed E-state index contributed by atoms with van der Waals surface area (Å²) < 4.78 is 23.4. The van der Waals surface area contributed by atoms with Crippen LogP contribution < -0.4 is 0 Å². The van der Waals surface area contributed by atoms with Crippen LogP contribution in [0, 0.1) is 0 Å². The van der Waals surface area contributed by atoms with Crippen LogP contribution in [0.15, 0.2) is 30.3 Å². The monoisotopic (exact) mass is 284 g/mol. The van der Waals surface area contributed by atoms with Gasteiger partial charge in [0.05, 0.1) is 19.4 Å². The Morgan fingerprint density at radius 1 is 1.05 bits per heavy atom. The molecular formula is C15H25O3P. The van der Waals surface area contributed by atoms with Gasteiger partial charge in [-0.3, -0.25) is 4.57 Å². The van der Waals surface area contributed by atoms with Crippen molar-refractivity contribution in [2.75, 3.05) is 19.4 Å². The fraction of sp³-hybridized carbons (Fsp3) is 0.600. The molecule has 0 aliphatic heterocycles. The standard InChI is InChI=1S/C15H25O3P/c1-4-10-15(14-11-8-7-9-12-14)13-19(16,17-5-2)18-6-3/h7-9,11-12,15H,4-6,10,13H2,1-3H3/t15-/m1/s1. The van der Waals surface area contributed by atoms with E-state index in [1.54, 1.807) is 0 Å². The number of hydrogen-bond acceptors (Lipinski definition) is 3. The zero-order chi connectivity index (χ0) is 14.1. The predicted octanol–water partition coefficient (Wildman–Crippen LogP) is 4.84. The summed E-state index contributed by atoms with van der Waals surface area (Å²) in [5.41, 5.74) is 1.21. The van der Waals surface area contributed by atoms with Crippen molar-refractivity contribution in [1.29, 1.82) is 0 Å². The highest BCUT2D eigenvalue weighted by molar-refractivity contribution is 7.53. The highest BCUT2D eigenvalue weighted by Gasteiger charge is 2.28. The molecule has 108 valence electrons. The molecule has 0 spiro atoms. The minimum absolute atomic E-state index is 0.232. The van der Waals surface area contributed by atoms with Crippen LogP contribution >= 0.6 is 7.60 Å². The van der Waals surface area contributed by atoms with Gasteiger partial charge in [-0.25, -0.2) is 0 Å². The lowest BCUT2D eigenvalue weighted by atomic mass is 9.97. The van der Waals surface area contributed by atoms with E-state index in [1.807, 2.05) is 32.0 Å². The van der Waals surface area contributed by atoms with Crippen molar-refractivity contribution in [1.82, 2.24) is 0 Å². The van der Waals surface area contributed by atoms with E-state index in [9.17, 15) is 4.57 Å². The van der Waals surface area contributed by atoms with Crippen LogP contribution in [0.5, 0.6) is 0 Å². The zero-order valence-electron chi connectivity index (χ0n) is 12.2. The van der Waals surface area contributed by atoms with Gasteiger partial charge >= 0.3 is 7.60 Å². The average Bonchev–Trinajstić information content (AvgIpc) is 2.40. The van der Waals surface area contributed by atoms with Crippen molar-refractivity contribution in [3.8, 4) is 0 Å². The molecule has 4 heteroatoms. The van der Waals surface area contributed by atoms with Crippen LogP contribution in [0.25, 0.3) is 0 Å². The number of benzene rings is 1. The molecule has 0 saturated carbocycles. The largest absolute Gasteiger partial charge is 0.331 e. The molecule has 0 radical (unpaired) electrons. The molecule has 0 bridgehead atoms. The van der Waals surface area contributed by atoms with E-state index < -0.39 is 7.60 Å². The molecule has 0 fully saturated rings. The third-order valence-electron chi connectivity index (χ3n) is 3.00. The topological polar surface area (TPSA) is 35.5 Å². The Morgan fingerprint density at radius 2 is 1.63 bits per heavy atom. The minimum atomic E-state index is -2.97. The molecule has 1 aromatic rings. The molecule has 1 rings (SSSR count). The first-order chi connectivity index (χ1) is 9.15. The third-order valence-corrected chi connectivity index (χ3v) is 5.19. The van der Waals surface area contributed by atoms with Crippen molar-refractivity contribution in [3.05, 3.63) is 35.9 Å². The molecule has 0 N–H and O–H groups in total. The van der Waals surface area contributed by atoms with Crippen molar-refractivity contribution in [2.24, 2.45) is 0 Å². The van der Waals surface area contributed by atoms with E-state index in [1.165, 1.54) is 5.56 Å². The maximum Gasteiger partial charge on any atom is 0.331 e. The van der Waals surface area contributed by atoms with Gasteiger partial charge in [0.2, 0.25) is 0 Å². The lowest BCUT2D eigenvalue weighted by molar-refractivity contribution is 0.218. The van der Waals surface area contributed by atoms with Gasteiger partial charge in [-0.05, 0) is 31.7 Å². The lowest BCUT2D eigenvalue weighted by Crippen LogP contribution is -2.09. The van der Waals surface area contributed by atoms with Crippen LogP contribution in [-0.2, 0) is 13.6 Å². The normalized spacial score (nSPS) is 13.4. The zero-order valence-corrected chi connectivity index (χ0v) is 13.1. The Balaban J connectivity index is 2.84. The number of hydrogen-bond donors (Lipinski definition) is 0. The van der Waals surface area contributed by atoms with E-state index >= 15 is 0 Å². The van der Waals surface area contributed by atoms with Crippen molar-refractivity contribution >= 4 is 7.60 Å². The summed E-state index contributed by atoms with van der Waals surface area (Å²) in [5.74, 6) is 0.232. The molecule has 19 heavy (non-hydrogen) atoms. The van der Waals surface area contributed by atoms with Gasteiger partial charge in [0.15, 0.2) is 0 Å². The van der Waals surface area contributed by atoms with Crippen LogP contribution in [0.4, 0.5) is 0 Å². The summed E-state index contributed by atoms with van der Waals surface area (Å²) >= 11 is 0. The maximum atomic E-state index is 12.6. The summed E-state index contributed by atoms with van der Waals surface area (Å²) in [6.45, 7) is 6.68. The van der Waals surface area contributed by atoms with E-state index in [0.29, 0.717) is 19.4 Å². The Bertz CT molecular complexity index is 382. The molecule has 0 aliphatic rings. The highest BCUT2D eigenvalue weighted by Crippen LogP contribution is 2.51. The van der Waals surface area contributed by atoms with Gasteiger partial charge in [-0.15, -0.1) is 0 Å². The average molecular weight is 284 g/mol. The van der Waals surface area contributed by atoms with Gasteiger partial charge < -0.3 is 9.05 Å². The van der Waals surface area contributed by atoms with E-state index in [0.717, 1.165) is 12.8 Å². The molecule has 1 aromatic carbocycles. The fourth-order valence-electron chi connectivity index (χ4n) is 2.24. The summed E-state index contributed by atoms with van der Waals surface area (Å²) in [4.78, 5) is 0. The Morgan fingerprint density at radius 3 is 2.11 bits per heavy atom. The van der Waals surface area contributed by atoms with E-state index in [-0.39, 0.29) is 5.92 Å². The summed E-state index contributed by atoms with van der Waals surface area (Å²) in [5, 5.41) is 0. The van der Waals surface area contributed by atoms with Crippen LogP contribution in [0.1, 0.15) is 45.1 Å². The van der Waals surface area contributed by atoms with Crippen LogP contribution in [0.2, 0.25) is 0 Å². The van der Waals surface area contributed by atoms with Gasteiger partial charge in [-0.2, -0.15) is 0 Å². The molecule has 1 atom stereocenters. The molecule has 0 amide bonds. The van der Waals surface area contributed by atoms with Gasteiger partial charge in [-0.1, -0.05) is 43.7 Å². The first-order valence-corrected chi connectivity index (χ1v) is 8.81. The minimum Gasteiger partial charge on any atom is -0.309 e. The Kier molecular flexibility index (Phi) is 7.37. The quantitative estimate of drug-likeness (QED) is 0.609. The number of rotatable bonds is 9. The second-order valence-corrected chi connectivity index (χ2v) is 6.63. The second kappa shape index (κ2) is 8.52. The molecule has 0 aliphatic carbocycles. The first-order valence-electron chi connectivity index (χ1n) is 7.08. The van der Waals surface area contributed by atoms with Crippen molar-refractivity contribution < 1.29 is 13.6 Å². The lowest BCUT2D eigenvalue weighted by Gasteiger charge is -2.23. The smallest absolute Gasteiger partial charge is 0.309 e.